The Morgan fingerprint density at radius 1 is 0.910 bits per heavy atom. The SMILES string of the molecule is CCCCC/C=C\C/C=C\C/C=C\CCCCC(=O)SCCNC(=O)CCNC(=O)[C@H](O)C(C)(C)COP(=O)(O)OP(=O)(O)OC[C@H]1O[C@@H](n2cnc3c(N)ncnc32)C(O)C1OP(=O)(O)O. The summed E-state index contributed by atoms with van der Waals surface area (Å²) in [5.41, 5.74) is 4.28. The highest BCUT2D eigenvalue weighted by Crippen LogP contribution is 2.61. The Labute approximate surface area is 393 Å². The molecule has 3 rings (SSSR count). The highest BCUT2D eigenvalue weighted by molar-refractivity contribution is 8.13. The molecule has 7 atom stereocenters. The zero-order valence-corrected chi connectivity index (χ0v) is 41.1. The van der Waals surface area contributed by atoms with E-state index in [-0.39, 0.29) is 41.6 Å². The van der Waals surface area contributed by atoms with E-state index in [1.165, 1.54) is 33.1 Å². The van der Waals surface area contributed by atoms with Gasteiger partial charge in [0.2, 0.25) is 11.8 Å². The molecule has 0 aromatic carbocycles. The molecule has 378 valence electrons. The minimum Gasteiger partial charge on any atom is -0.386 e. The van der Waals surface area contributed by atoms with E-state index in [0.29, 0.717) is 12.2 Å². The average molecular weight is 1030 g/mol. The van der Waals surface area contributed by atoms with Gasteiger partial charge in [-0.1, -0.05) is 81.8 Å². The van der Waals surface area contributed by atoms with Crippen molar-refractivity contribution in [2.75, 3.05) is 37.8 Å². The van der Waals surface area contributed by atoms with Crippen molar-refractivity contribution in [2.45, 2.75) is 122 Å². The van der Waals surface area contributed by atoms with Gasteiger partial charge in [0, 0.05) is 37.1 Å². The zero-order valence-electron chi connectivity index (χ0n) is 37.6. The monoisotopic (exact) mass is 1030 g/mol. The van der Waals surface area contributed by atoms with Crippen molar-refractivity contribution in [3.05, 3.63) is 49.1 Å². The van der Waals surface area contributed by atoms with E-state index >= 15 is 0 Å². The van der Waals surface area contributed by atoms with Gasteiger partial charge in [0.05, 0.1) is 19.5 Å². The number of nitrogens with one attached hydrogen (secondary N) is 2. The topological polar surface area (TPSA) is 364 Å². The van der Waals surface area contributed by atoms with Crippen LogP contribution in [0.3, 0.4) is 0 Å². The van der Waals surface area contributed by atoms with Crippen LogP contribution < -0.4 is 16.4 Å². The number of nitrogens with zero attached hydrogens (tertiary/aromatic N) is 4. The highest BCUT2D eigenvalue weighted by atomic mass is 32.2. The van der Waals surface area contributed by atoms with Crippen LogP contribution in [0, 0.1) is 5.41 Å². The summed E-state index contributed by atoms with van der Waals surface area (Å²) in [5.74, 6) is -1.07. The number of carbonyl (C=O) groups excluding carboxylic acids is 3. The number of phosphoric acid groups is 3. The van der Waals surface area contributed by atoms with Gasteiger partial charge in [0.1, 0.15) is 36.3 Å². The number of hydrogen-bond donors (Lipinski definition) is 9. The third kappa shape index (κ3) is 21.5. The summed E-state index contributed by atoms with van der Waals surface area (Å²) in [7, 11) is -16.4. The molecule has 0 radical (unpaired) electrons. The first-order valence-electron chi connectivity index (χ1n) is 21.6. The Kier molecular flexibility index (Phi) is 24.7. The van der Waals surface area contributed by atoms with Gasteiger partial charge in [-0.2, -0.15) is 4.31 Å². The van der Waals surface area contributed by atoms with Crippen LogP contribution in [-0.2, 0) is 50.7 Å². The van der Waals surface area contributed by atoms with Crippen molar-refractivity contribution in [1.29, 1.82) is 0 Å². The lowest BCUT2D eigenvalue weighted by atomic mass is 9.87. The maximum Gasteiger partial charge on any atom is 0.481 e. The Balaban J connectivity index is 1.32. The van der Waals surface area contributed by atoms with Crippen molar-refractivity contribution < 1.29 is 80.5 Å². The largest absolute Gasteiger partial charge is 0.481 e. The van der Waals surface area contributed by atoms with Crippen LogP contribution in [0.5, 0.6) is 0 Å². The number of ether oxygens (including phenoxy) is 1. The third-order valence-corrected chi connectivity index (χ3v) is 13.8. The van der Waals surface area contributed by atoms with E-state index in [1.54, 1.807) is 0 Å². The average Bonchev–Trinajstić information content (AvgIpc) is 3.81. The van der Waals surface area contributed by atoms with Gasteiger partial charge in [0.25, 0.3) is 0 Å². The zero-order chi connectivity index (χ0) is 49.7. The van der Waals surface area contributed by atoms with Gasteiger partial charge >= 0.3 is 23.5 Å². The van der Waals surface area contributed by atoms with Gasteiger partial charge < -0.3 is 50.9 Å². The Hall–Kier alpha value is -3.22. The van der Waals surface area contributed by atoms with Gasteiger partial charge in [-0.25, -0.2) is 28.6 Å². The van der Waals surface area contributed by atoms with Crippen molar-refractivity contribution in [3.8, 4) is 0 Å². The van der Waals surface area contributed by atoms with E-state index in [1.807, 2.05) is 0 Å². The number of carbonyl (C=O) groups is 3. The van der Waals surface area contributed by atoms with E-state index in [2.05, 4.69) is 77.8 Å². The molecule has 4 unspecified atom stereocenters. The lowest BCUT2D eigenvalue weighted by Crippen LogP contribution is -2.46. The van der Waals surface area contributed by atoms with E-state index in [0.717, 1.165) is 67.5 Å². The summed E-state index contributed by atoms with van der Waals surface area (Å²) in [6, 6.07) is 0. The van der Waals surface area contributed by atoms with E-state index in [4.69, 9.17) is 19.5 Å². The molecule has 1 fully saturated rings. The van der Waals surface area contributed by atoms with Crippen LogP contribution in [-0.4, -0.2) is 123 Å². The lowest BCUT2D eigenvalue weighted by Gasteiger charge is -2.30. The molecule has 24 nitrogen and oxygen atoms in total. The fourth-order valence-corrected chi connectivity index (χ4v) is 9.74. The summed E-state index contributed by atoms with van der Waals surface area (Å²) in [6.07, 6.45) is 15.7. The highest BCUT2D eigenvalue weighted by Gasteiger charge is 2.50. The van der Waals surface area contributed by atoms with Crippen molar-refractivity contribution in [1.82, 2.24) is 30.2 Å². The number of aromatic nitrogens is 4. The number of unbranched alkanes of at least 4 members (excludes halogenated alkanes) is 5. The normalized spacial score (nSPS) is 20.4. The number of hydrogen-bond acceptors (Lipinski definition) is 18. The number of phosphoric ester groups is 3. The number of aliphatic hydroxyl groups is 2. The summed E-state index contributed by atoms with van der Waals surface area (Å²) in [4.78, 5) is 88.3. The van der Waals surface area contributed by atoms with Gasteiger partial charge in [0.15, 0.2) is 22.8 Å². The first-order valence-corrected chi connectivity index (χ1v) is 27.1. The fraction of sp³-hybridized carbons (Fsp3) is 0.641. The van der Waals surface area contributed by atoms with Crippen LogP contribution in [0.1, 0.15) is 97.6 Å². The molecule has 3 heterocycles. The summed E-state index contributed by atoms with van der Waals surface area (Å²) < 4.78 is 62.4. The molecule has 0 spiro atoms. The molecule has 28 heteroatoms. The van der Waals surface area contributed by atoms with Crippen molar-refractivity contribution in [3.63, 3.8) is 0 Å². The van der Waals surface area contributed by atoms with Crippen LogP contribution in [0.2, 0.25) is 0 Å². The van der Waals surface area contributed by atoms with Crippen molar-refractivity contribution >= 4 is 69.1 Å². The second kappa shape index (κ2) is 28.4. The summed E-state index contributed by atoms with van der Waals surface area (Å²) in [6.45, 7) is 2.72. The first-order chi connectivity index (χ1) is 31.6. The van der Waals surface area contributed by atoms with E-state index < -0.39 is 84.6 Å². The number of allylic oxidation sites excluding steroid dienone is 6. The number of imidazole rings is 1. The molecule has 0 aliphatic carbocycles. The Bertz CT molecular complexity index is 2140. The molecule has 10 N–H and O–H groups in total. The number of anilines is 1. The number of amides is 2. The molecule has 1 aliphatic rings. The minimum absolute atomic E-state index is 0.0286. The Morgan fingerprint density at radius 2 is 1.55 bits per heavy atom. The quantitative estimate of drug-likeness (QED) is 0.0281. The van der Waals surface area contributed by atoms with Crippen LogP contribution in [0.4, 0.5) is 5.82 Å². The number of nitrogen functional groups attached to an aromatic ring is 1. The molecule has 2 amide bonds. The van der Waals surface area contributed by atoms with Crippen molar-refractivity contribution in [2.24, 2.45) is 5.41 Å². The van der Waals surface area contributed by atoms with Crippen LogP contribution >= 0.6 is 35.2 Å². The third-order valence-electron chi connectivity index (χ3n) is 9.79. The van der Waals surface area contributed by atoms with Gasteiger partial charge in [-0.05, 0) is 44.9 Å². The number of thioether (sulfide) groups is 1. The second-order valence-corrected chi connectivity index (χ2v) is 21.3. The van der Waals surface area contributed by atoms with Crippen LogP contribution in [0.25, 0.3) is 11.2 Å². The molecule has 2 aromatic rings. The van der Waals surface area contributed by atoms with Gasteiger partial charge in [-0.15, -0.1) is 0 Å². The minimum atomic E-state index is -5.58. The number of nitrogens with two attached hydrogens (primary N) is 1. The first kappa shape index (κ1) is 58.1. The number of rotatable bonds is 32. The Morgan fingerprint density at radius 3 is 2.21 bits per heavy atom. The smallest absolute Gasteiger partial charge is 0.386 e. The lowest BCUT2D eigenvalue weighted by molar-refractivity contribution is -0.137. The molecule has 0 bridgehead atoms. The molecule has 1 aliphatic heterocycles. The molecule has 2 aromatic heterocycles. The molecule has 1 saturated heterocycles. The molecule has 0 saturated carbocycles. The maximum atomic E-state index is 12.7. The predicted octanol–water partition coefficient (Wildman–Crippen LogP) is 4.25. The summed E-state index contributed by atoms with van der Waals surface area (Å²) >= 11 is 1.12. The number of aliphatic hydroxyl groups excluding tert-OH is 2. The molecular weight excluding hydrogens is 963 g/mol. The van der Waals surface area contributed by atoms with Crippen LogP contribution in [0.15, 0.2) is 49.1 Å². The van der Waals surface area contributed by atoms with Gasteiger partial charge in [-0.3, -0.25) is 32.5 Å². The molecule has 67 heavy (non-hydrogen) atoms. The maximum absolute atomic E-state index is 12.7. The fourth-order valence-electron chi connectivity index (χ4n) is 6.19. The number of fused-ring (bicyclic) bond motifs is 1. The standard InChI is InChI=1S/C39H64N7O17P3S/c1-4-5-6-7-8-9-10-11-12-13-14-15-16-17-18-19-30(48)67-23-22-41-29(47)20-21-42-37(51)34(50)39(2,3)25-60-66(57,58)63-65(55,56)59-24-28-33(62-64(52,53)54)32(49)38(61-28)46-27-45-31-35(40)43-26-44-36(31)46/h8-9,11-12,14-15,26-28,32-34,38,49-50H,4-7,10,13,16-25H2,1-3H3,(H,41,47)(H,42,51)(H,55,56)(H,57,58)(H2,40,43,44)(H2,52,53,54)/b9-8-,12-11-,15-14-/t28-,32?,33?,34+,38-/m1/s1. The molecular formula is C39H64N7O17P3S. The predicted molar refractivity (Wildman–Crippen MR) is 246 cm³/mol. The summed E-state index contributed by atoms with van der Waals surface area (Å²) in [5, 5.41) is 26.6. The second-order valence-electron chi connectivity index (χ2n) is 15.9. The van der Waals surface area contributed by atoms with E-state index in [9.17, 15) is 57.9 Å².